The van der Waals surface area contributed by atoms with Crippen LogP contribution >= 0.6 is 0 Å². The summed E-state index contributed by atoms with van der Waals surface area (Å²) in [5.41, 5.74) is 0. The Morgan fingerprint density at radius 2 is 1.40 bits per heavy atom. The van der Waals surface area contributed by atoms with Gasteiger partial charge in [0.25, 0.3) is 0 Å². The van der Waals surface area contributed by atoms with Crippen molar-refractivity contribution in [2.75, 3.05) is 0 Å². The first-order chi connectivity index (χ1) is 1.73. The van der Waals surface area contributed by atoms with Crippen LogP contribution in [-0.4, -0.2) is 6.43 Å². The minimum absolute atomic E-state index is 0. The van der Waals surface area contributed by atoms with Crippen LogP contribution in [0, 0.1) is 0 Å². The summed E-state index contributed by atoms with van der Waals surface area (Å²) < 4.78 is 20.7. The minimum Gasteiger partial charge on any atom is -0.344 e. The van der Waals surface area contributed by atoms with E-state index in [1.807, 2.05) is 0 Å². The normalized spacial score (nSPS) is 7.20. The summed E-state index contributed by atoms with van der Waals surface area (Å²) >= 11 is 0. The lowest BCUT2D eigenvalue weighted by Crippen LogP contribution is -1.69. The second kappa shape index (κ2) is 3.82. The van der Waals surface area contributed by atoms with Crippen LogP contribution in [0.15, 0.2) is 0 Å². The van der Waals surface area contributed by atoms with Crippen molar-refractivity contribution in [3.63, 3.8) is 0 Å². The van der Waals surface area contributed by atoms with Crippen LogP contribution in [0.5, 0.6) is 0 Å². The second-order valence-corrected chi connectivity index (χ2v) is 0.519. The molecular weight excluding hydrogens is 76.0 g/mol. The van der Waals surface area contributed by atoms with E-state index in [4.69, 9.17) is 0 Å². The molecule has 0 fully saturated rings. The Labute approximate surface area is 29.6 Å². The first-order valence-electron chi connectivity index (χ1n) is 1.01. The van der Waals surface area contributed by atoms with Gasteiger partial charge in [-0.3, -0.25) is 0 Å². The summed E-state index contributed by atoms with van der Waals surface area (Å²) in [5, 5.41) is 0. The summed E-state index contributed by atoms with van der Waals surface area (Å²) in [6.45, 7) is 0.833. The molecule has 0 aliphatic rings. The van der Waals surface area contributed by atoms with Crippen molar-refractivity contribution in [3.05, 3.63) is 0 Å². The number of rotatable bonds is 0. The summed E-state index contributed by atoms with van der Waals surface area (Å²) in [4.78, 5) is 0. The Bertz CT molecular complexity index is 12.4. The maximum atomic E-state index is 10.3. The van der Waals surface area contributed by atoms with Crippen LogP contribution in [0.1, 0.15) is 6.92 Å². The van der Waals surface area contributed by atoms with E-state index in [0.29, 0.717) is 0 Å². The lowest BCUT2D eigenvalue weighted by molar-refractivity contribution is 0.171. The van der Waals surface area contributed by atoms with Crippen molar-refractivity contribution < 1.29 is 8.78 Å². The fraction of sp³-hybridized carbons (Fsp3) is 1.00. The third-order valence-corrected chi connectivity index (χ3v) is 0. The smallest absolute Gasteiger partial charge is 0.235 e. The molecule has 0 unspecified atom stereocenters. The third-order valence-electron chi connectivity index (χ3n) is 0. The molecule has 0 atom stereocenters. The summed E-state index contributed by atoms with van der Waals surface area (Å²) in [6, 6.07) is 0. The van der Waals surface area contributed by atoms with Gasteiger partial charge >= 0.3 is 0 Å². The molecule has 0 bridgehead atoms. The first-order valence-corrected chi connectivity index (χ1v) is 1.01. The highest BCUT2D eigenvalue weighted by atomic mass is 19.3. The van der Waals surface area contributed by atoms with Gasteiger partial charge in [0.05, 0.1) is 0 Å². The summed E-state index contributed by atoms with van der Waals surface area (Å²) in [6.07, 6.45) is -2.17. The lowest BCUT2D eigenvalue weighted by atomic mass is 10.9. The van der Waals surface area contributed by atoms with Crippen molar-refractivity contribution in [2.45, 2.75) is 13.3 Å². The molecule has 0 saturated heterocycles. The highest BCUT2D eigenvalue weighted by molar-refractivity contribution is 4.06. The molecule has 3 heteroatoms. The molecule has 34 valence electrons. The van der Waals surface area contributed by atoms with Crippen LogP contribution in [0.3, 0.4) is 0 Å². The molecule has 0 radical (unpaired) electrons. The van der Waals surface area contributed by atoms with E-state index < -0.39 is 6.43 Å². The zero-order chi connectivity index (χ0) is 3.58. The molecule has 0 aliphatic heterocycles. The minimum atomic E-state index is -2.17. The van der Waals surface area contributed by atoms with Gasteiger partial charge in [-0.15, -0.1) is 0 Å². The molecule has 3 N–H and O–H groups in total. The van der Waals surface area contributed by atoms with E-state index in [9.17, 15) is 8.78 Å². The molecule has 0 rings (SSSR count). The molecule has 0 aromatic carbocycles. The van der Waals surface area contributed by atoms with Crippen molar-refractivity contribution in [1.82, 2.24) is 6.15 Å². The van der Waals surface area contributed by atoms with E-state index in [-0.39, 0.29) is 6.15 Å². The van der Waals surface area contributed by atoms with E-state index in [1.54, 1.807) is 0 Å². The standard InChI is InChI=1S/C2H4F2.H3N/c1-2(3)4;/h2H,1H3;1H3. The Hall–Kier alpha value is -0.180. The number of hydrogen-bond donors (Lipinski definition) is 1. The monoisotopic (exact) mass is 83.1 g/mol. The van der Waals surface area contributed by atoms with Gasteiger partial charge in [0.15, 0.2) is 0 Å². The maximum Gasteiger partial charge on any atom is 0.235 e. The van der Waals surface area contributed by atoms with Gasteiger partial charge in [0.2, 0.25) is 6.43 Å². The van der Waals surface area contributed by atoms with Crippen molar-refractivity contribution in [1.29, 1.82) is 0 Å². The molecule has 0 spiro atoms. The topological polar surface area (TPSA) is 35.0 Å². The fourth-order valence-corrected chi connectivity index (χ4v) is 0. The fourth-order valence-electron chi connectivity index (χ4n) is 0. The predicted molar refractivity (Wildman–Crippen MR) is 16.7 cm³/mol. The van der Waals surface area contributed by atoms with E-state index in [0.717, 1.165) is 6.92 Å². The molecule has 0 amide bonds. The van der Waals surface area contributed by atoms with Crippen LogP contribution in [0.2, 0.25) is 0 Å². The molecule has 0 aromatic heterocycles. The van der Waals surface area contributed by atoms with E-state index >= 15 is 0 Å². The lowest BCUT2D eigenvalue weighted by Gasteiger charge is -1.70. The largest absolute Gasteiger partial charge is 0.344 e. The van der Waals surface area contributed by atoms with Crippen molar-refractivity contribution in [2.24, 2.45) is 0 Å². The van der Waals surface area contributed by atoms with Gasteiger partial charge in [0.1, 0.15) is 0 Å². The maximum absolute atomic E-state index is 10.3. The van der Waals surface area contributed by atoms with Gasteiger partial charge in [0, 0.05) is 0 Å². The van der Waals surface area contributed by atoms with E-state index in [1.165, 1.54) is 0 Å². The Morgan fingerprint density at radius 3 is 1.40 bits per heavy atom. The summed E-state index contributed by atoms with van der Waals surface area (Å²) in [5.74, 6) is 0. The number of alkyl halides is 2. The third kappa shape index (κ3) is 391. The van der Waals surface area contributed by atoms with Gasteiger partial charge in [-0.2, -0.15) is 0 Å². The molecule has 1 nitrogen and oxygen atoms in total. The first kappa shape index (κ1) is 8.84. The number of hydrogen-bond acceptors (Lipinski definition) is 1. The quantitative estimate of drug-likeness (QED) is 0.472. The van der Waals surface area contributed by atoms with Crippen molar-refractivity contribution >= 4 is 0 Å². The zero-order valence-corrected chi connectivity index (χ0v) is 3.04. The Morgan fingerprint density at radius 1 is 1.40 bits per heavy atom. The average molecular weight is 83.1 g/mol. The second-order valence-electron chi connectivity index (χ2n) is 0.519. The van der Waals surface area contributed by atoms with Crippen LogP contribution in [0.25, 0.3) is 0 Å². The molecule has 0 aromatic rings. The van der Waals surface area contributed by atoms with Gasteiger partial charge < -0.3 is 6.15 Å². The molecular formula is C2H7F2N. The van der Waals surface area contributed by atoms with Crippen LogP contribution in [-0.2, 0) is 0 Å². The SMILES string of the molecule is CC(F)F.N. The van der Waals surface area contributed by atoms with Crippen LogP contribution < -0.4 is 6.15 Å². The molecule has 5 heavy (non-hydrogen) atoms. The Kier molecular flexibility index (Phi) is 6.76. The molecule has 0 saturated carbocycles. The van der Waals surface area contributed by atoms with Gasteiger partial charge in [-0.1, -0.05) is 0 Å². The van der Waals surface area contributed by atoms with E-state index in [2.05, 4.69) is 0 Å². The zero-order valence-electron chi connectivity index (χ0n) is 3.04. The predicted octanol–water partition coefficient (Wildman–Crippen LogP) is 1.43. The highest BCUT2D eigenvalue weighted by Crippen LogP contribution is 1.82. The molecule has 0 aliphatic carbocycles. The number of halogens is 2. The van der Waals surface area contributed by atoms with Crippen LogP contribution in [0.4, 0.5) is 8.78 Å². The highest BCUT2D eigenvalue weighted by Gasteiger charge is 1.79. The Balaban J connectivity index is 0. The summed E-state index contributed by atoms with van der Waals surface area (Å²) in [7, 11) is 0. The van der Waals surface area contributed by atoms with Gasteiger partial charge in [-0.25, -0.2) is 8.78 Å². The average Bonchev–Trinajstić information content (AvgIpc) is 0.811. The van der Waals surface area contributed by atoms with Gasteiger partial charge in [-0.05, 0) is 6.92 Å². The molecule has 0 heterocycles. The van der Waals surface area contributed by atoms with Crippen molar-refractivity contribution in [3.8, 4) is 0 Å².